The highest BCUT2D eigenvalue weighted by molar-refractivity contribution is 8.00. The number of fused-ring (bicyclic) bond motifs is 1. The van der Waals surface area contributed by atoms with Crippen molar-refractivity contribution in [2.45, 2.75) is 23.3 Å². The number of aromatic hydroxyl groups is 1. The Morgan fingerprint density at radius 3 is 2.34 bits per heavy atom. The van der Waals surface area contributed by atoms with Crippen LogP contribution in [0.5, 0.6) is 11.5 Å². The van der Waals surface area contributed by atoms with Gasteiger partial charge in [-0.05, 0) is 34.9 Å². The first-order chi connectivity index (χ1) is 17.2. The average Bonchev–Trinajstić information content (AvgIpc) is 2.91. The van der Waals surface area contributed by atoms with Crippen molar-refractivity contribution in [3.05, 3.63) is 125 Å². The van der Waals surface area contributed by atoms with Gasteiger partial charge in [0.05, 0.1) is 12.4 Å². The molecule has 4 nitrogen and oxygen atoms in total. The lowest BCUT2D eigenvalue weighted by atomic mass is 9.76. The summed E-state index contributed by atoms with van der Waals surface area (Å²) in [5.41, 5.74) is 4.43. The van der Waals surface area contributed by atoms with Gasteiger partial charge in [0.25, 0.3) is 0 Å². The number of hydrogen-bond acceptors (Lipinski definition) is 5. The van der Waals surface area contributed by atoms with E-state index in [0.717, 1.165) is 21.8 Å². The van der Waals surface area contributed by atoms with Gasteiger partial charge in [-0.3, -0.25) is 4.79 Å². The fraction of sp³-hybridized carbons (Fsp3) is 0.167. The Bertz CT molecular complexity index is 1270. The molecular formula is C30H26O4S. The quantitative estimate of drug-likeness (QED) is 0.240. The van der Waals surface area contributed by atoms with Gasteiger partial charge in [0.2, 0.25) is 0 Å². The summed E-state index contributed by atoms with van der Waals surface area (Å²) in [7, 11) is 0. The van der Waals surface area contributed by atoms with Crippen LogP contribution in [0, 0.1) is 0 Å². The molecule has 0 fully saturated rings. The lowest BCUT2D eigenvalue weighted by Gasteiger charge is -2.34. The van der Waals surface area contributed by atoms with Crippen molar-refractivity contribution < 1.29 is 19.4 Å². The number of phenolic OH excluding ortho intramolecular Hbond substituents is 1. The van der Waals surface area contributed by atoms with E-state index in [1.807, 2.05) is 42.5 Å². The molecule has 1 N–H and O–H groups in total. The zero-order valence-corrected chi connectivity index (χ0v) is 20.0. The first-order valence-electron chi connectivity index (χ1n) is 11.6. The summed E-state index contributed by atoms with van der Waals surface area (Å²) in [6.45, 7) is 0.827. The number of benzene rings is 4. The van der Waals surface area contributed by atoms with Gasteiger partial charge in [0.1, 0.15) is 18.1 Å². The van der Waals surface area contributed by atoms with Crippen LogP contribution in [0.25, 0.3) is 0 Å². The zero-order valence-electron chi connectivity index (χ0n) is 19.2. The molecular weight excluding hydrogens is 456 g/mol. The van der Waals surface area contributed by atoms with Crippen molar-refractivity contribution in [3.63, 3.8) is 0 Å². The molecule has 2 atom stereocenters. The number of rotatable bonds is 7. The smallest absolute Gasteiger partial charge is 0.316 e. The molecule has 1 aliphatic heterocycles. The first-order valence-corrected chi connectivity index (χ1v) is 12.6. The van der Waals surface area contributed by atoms with Crippen molar-refractivity contribution in [1.82, 2.24) is 0 Å². The minimum atomic E-state index is -0.231. The standard InChI is InChI=1S/C30H26O4S/c31-24-13-16-26-28(17-24)33-19-27(22-9-5-2-6-10-22)30(26)23-11-14-25(15-12-23)35-20-29(32)34-18-21-7-3-1-4-8-21/h1-17,27,30-31H,18-20H2/t27-,30-/m0/s1. The summed E-state index contributed by atoms with van der Waals surface area (Å²) < 4.78 is 11.4. The molecule has 1 heterocycles. The summed E-state index contributed by atoms with van der Waals surface area (Å²) in [6, 6.07) is 33.8. The van der Waals surface area contributed by atoms with Crippen LogP contribution in [-0.4, -0.2) is 23.4 Å². The third kappa shape index (κ3) is 5.52. The molecule has 0 aliphatic carbocycles. The highest BCUT2D eigenvalue weighted by Crippen LogP contribution is 2.47. The van der Waals surface area contributed by atoms with E-state index in [2.05, 4.69) is 48.5 Å². The van der Waals surface area contributed by atoms with E-state index in [-0.39, 0.29) is 29.3 Å². The van der Waals surface area contributed by atoms with Gasteiger partial charge in [-0.2, -0.15) is 0 Å². The molecule has 0 saturated carbocycles. The van der Waals surface area contributed by atoms with Crippen LogP contribution in [-0.2, 0) is 16.1 Å². The van der Waals surface area contributed by atoms with Crippen molar-refractivity contribution in [1.29, 1.82) is 0 Å². The summed E-state index contributed by atoms with van der Waals surface area (Å²) in [4.78, 5) is 13.2. The lowest BCUT2D eigenvalue weighted by molar-refractivity contribution is -0.141. The van der Waals surface area contributed by atoms with E-state index in [1.165, 1.54) is 22.9 Å². The summed E-state index contributed by atoms with van der Waals surface area (Å²) in [5.74, 6) is 1.20. The maximum absolute atomic E-state index is 12.2. The molecule has 0 aromatic heterocycles. The second kappa shape index (κ2) is 10.7. The predicted molar refractivity (Wildman–Crippen MR) is 138 cm³/mol. The summed E-state index contributed by atoms with van der Waals surface area (Å²) >= 11 is 1.47. The monoisotopic (exact) mass is 482 g/mol. The fourth-order valence-corrected chi connectivity index (χ4v) is 5.19. The molecule has 4 aromatic rings. The molecule has 5 heteroatoms. The Hall–Kier alpha value is -3.70. The molecule has 0 radical (unpaired) electrons. The highest BCUT2D eigenvalue weighted by Gasteiger charge is 2.33. The maximum Gasteiger partial charge on any atom is 0.316 e. The molecule has 0 saturated heterocycles. The van der Waals surface area contributed by atoms with Crippen LogP contribution in [0.4, 0.5) is 0 Å². The second-order valence-corrected chi connectivity index (χ2v) is 9.58. The van der Waals surface area contributed by atoms with Crippen LogP contribution in [0.3, 0.4) is 0 Å². The minimum absolute atomic E-state index is 0.0941. The highest BCUT2D eigenvalue weighted by atomic mass is 32.2. The molecule has 1 aliphatic rings. The zero-order chi connectivity index (χ0) is 24.0. The number of carbonyl (C=O) groups is 1. The van der Waals surface area contributed by atoms with E-state index in [4.69, 9.17) is 9.47 Å². The Morgan fingerprint density at radius 2 is 1.60 bits per heavy atom. The molecule has 35 heavy (non-hydrogen) atoms. The van der Waals surface area contributed by atoms with Crippen LogP contribution in [0.15, 0.2) is 108 Å². The summed E-state index contributed by atoms with van der Waals surface area (Å²) in [5, 5.41) is 9.95. The van der Waals surface area contributed by atoms with Gasteiger partial charge in [-0.15, -0.1) is 11.8 Å². The Morgan fingerprint density at radius 1 is 0.886 bits per heavy atom. The predicted octanol–water partition coefficient (Wildman–Crippen LogP) is 6.54. The van der Waals surface area contributed by atoms with Gasteiger partial charge in [0.15, 0.2) is 0 Å². The SMILES string of the molecule is O=C(CSc1ccc([C@H]2c3ccc(O)cc3OC[C@H]2c2ccccc2)cc1)OCc1ccccc1. The number of esters is 1. The van der Waals surface area contributed by atoms with Gasteiger partial charge in [-0.25, -0.2) is 0 Å². The molecule has 0 amide bonds. The number of carbonyl (C=O) groups excluding carboxylic acids is 1. The molecule has 176 valence electrons. The first kappa shape index (κ1) is 23.1. The number of thioether (sulfide) groups is 1. The third-order valence-electron chi connectivity index (χ3n) is 6.22. The van der Waals surface area contributed by atoms with E-state index < -0.39 is 0 Å². The third-order valence-corrected chi connectivity index (χ3v) is 7.20. The van der Waals surface area contributed by atoms with Crippen molar-refractivity contribution in [3.8, 4) is 11.5 Å². The van der Waals surface area contributed by atoms with Crippen LogP contribution in [0.2, 0.25) is 0 Å². The molecule has 0 unspecified atom stereocenters. The van der Waals surface area contributed by atoms with Crippen molar-refractivity contribution >= 4 is 17.7 Å². The average molecular weight is 483 g/mol. The lowest BCUT2D eigenvalue weighted by Crippen LogP contribution is -2.25. The van der Waals surface area contributed by atoms with E-state index in [1.54, 1.807) is 12.1 Å². The van der Waals surface area contributed by atoms with E-state index in [9.17, 15) is 9.90 Å². The number of phenols is 1. The van der Waals surface area contributed by atoms with Crippen LogP contribution < -0.4 is 4.74 Å². The van der Waals surface area contributed by atoms with Crippen LogP contribution >= 0.6 is 11.8 Å². The Balaban J connectivity index is 1.30. The molecule has 4 aromatic carbocycles. The van der Waals surface area contributed by atoms with Crippen LogP contribution in [0.1, 0.15) is 34.1 Å². The largest absolute Gasteiger partial charge is 0.508 e. The maximum atomic E-state index is 12.2. The van der Waals surface area contributed by atoms with Gasteiger partial charge >= 0.3 is 5.97 Å². The second-order valence-electron chi connectivity index (χ2n) is 8.53. The number of hydrogen-bond donors (Lipinski definition) is 1. The summed E-state index contributed by atoms with van der Waals surface area (Å²) in [6.07, 6.45) is 0. The normalized spacial score (nSPS) is 16.7. The van der Waals surface area contributed by atoms with Crippen molar-refractivity contribution in [2.75, 3.05) is 12.4 Å². The molecule has 5 rings (SSSR count). The fourth-order valence-electron chi connectivity index (χ4n) is 4.49. The van der Waals surface area contributed by atoms with Crippen molar-refractivity contribution in [2.24, 2.45) is 0 Å². The Kier molecular flexibility index (Phi) is 7.05. The van der Waals surface area contributed by atoms with Gasteiger partial charge in [-0.1, -0.05) is 78.9 Å². The topological polar surface area (TPSA) is 55.8 Å². The van der Waals surface area contributed by atoms with Gasteiger partial charge < -0.3 is 14.6 Å². The van der Waals surface area contributed by atoms with Gasteiger partial charge in [0, 0.05) is 28.4 Å². The molecule has 0 spiro atoms. The molecule has 0 bridgehead atoms. The Labute approximate surface area is 209 Å². The van der Waals surface area contributed by atoms with E-state index >= 15 is 0 Å². The van der Waals surface area contributed by atoms with E-state index in [0.29, 0.717) is 13.2 Å². The number of ether oxygens (including phenoxy) is 2. The minimum Gasteiger partial charge on any atom is -0.508 e.